The van der Waals surface area contributed by atoms with Gasteiger partial charge in [-0.1, -0.05) is 28.9 Å². The number of anilines is 1. The van der Waals surface area contributed by atoms with Gasteiger partial charge in [0.2, 0.25) is 0 Å². The van der Waals surface area contributed by atoms with E-state index in [9.17, 15) is 18.4 Å². The Hall–Kier alpha value is -2.28. The highest BCUT2D eigenvalue weighted by atomic mass is 79.9. The van der Waals surface area contributed by atoms with E-state index in [1.54, 1.807) is 12.1 Å². The number of amides is 3. The van der Waals surface area contributed by atoms with Crippen LogP contribution in [-0.4, -0.2) is 11.9 Å². The van der Waals surface area contributed by atoms with Gasteiger partial charge < -0.3 is 5.32 Å². The van der Waals surface area contributed by atoms with Crippen LogP contribution in [0.1, 0.15) is 22.8 Å². The highest BCUT2D eigenvalue weighted by Crippen LogP contribution is 2.21. The van der Waals surface area contributed by atoms with Crippen LogP contribution in [-0.2, 0) is 6.42 Å². The first-order valence-corrected chi connectivity index (χ1v) is 7.56. The summed E-state index contributed by atoms with van der Waals surface area (Å²) in [6.07, 6.45) is 0.658. The van der Waals surface area contributed by atoms with Crippen molar-refractivity contribution in [3.8, 4) is 0 Å². The fourth-order valence-electron chi connectivity index (χ4n) is 2.01. The maximum atomic E-state index is 13.5. The van der Waals surface area contributed by atoms with Crippen molar-refractivity contribution >= 4 is 33.6 Å². The monoisotopic (exact) mass is 382 g/mol. The number of rotatable bonds is 3. The van der Waals surface area contributed by atoms with E-state index in [-0.39, 0.29) is 0 Å². The molecule has 0 aliphatic rings. The van der Waals surface area contributed by atoms with Gasteiger partial charge in [0, 0.05) is 10.2 Å². The molecule has 0 saturated carbocycles. The third-order valence-corrected chi connectivity index (χ3v) is 3.61. The summed E-state index contributed by atoms with van der Waals surface area (Å²) < 4.78 is 27.9. The Bertz CT molecular complexity index is 745. The van der Waals surface area contributed by atoms with Crippen molar-refractivity contribution in [1.29, 1.82) is 0 Å². The van der Waals surface area contributed by atoms with Crippen LogP contribution in [0.4, 0.5) is 19.3 Å². The zero-order valence-corrected chi connectivity index (χ0v) is 13.7. The van der Waals surface area contributed by atoms with Crippen molar-refractivity contribution in [2.75, 3.05) is 5.32 Å². The number of imide groups is 1. The van der Waals surface area contributed by atoms with Crippen LogP contribution in [0.15, 0.2) is 40.9 Å². The van der Waals surface area contributed by atoms with E-state index in [0.29, 0.717) is 12.1 Å². The molecule has 4 nitrogen and oxygen atoms in total. The largest absolute Gasteiger partial charge is 0.326 e. The molecule has 2 N–H and O–H groups in total. The number of aryl methyl sites for hydroxylation is 1. The Balaban J connectivity index is 2.12. The number of carbonyl (C=O) groups excluding carboxylic acids is 2. The van der Waals surface area contributed by atoms with Gasteiger partial charge in [0.1, 0.15) is 17.2 Å². The zero-order chi connectivity index (χ0) is 17.0. The molecular formula is C16H13BrF2N2O2. The Kier molecular flexibility index (Phi) is 5.44. The number of hydrogen-bond donors (Lipinski definition) is 2. The fraction of sp³-hybridized carbons (Fsp3) is 0.125. The third-order valence-electron chi connectivity index (χ3n) is 3.11. The zero-order valence-electron chi connectivity index (χ0n) is 12.1. The smallest absolute Gasteiger partial charge is 0.307 e. The molecule has 0 spiro atoms. The minimum atomic E-state index is -1.15. The topological polar surface area (TPSA) is 58.2 Å². The van der Waals surface area contributed by atoms with Crippen LogP contribution in [0.2, 0.25) is 0 Å². The lowest BCUT2D eigenvalue weighted by atomic mass is 10.1. The van der Waals surface area contributed by atoms with Crippen LogP contribution in [0.25, 0.3) is 0 Å². The predicted molar refractivity (Wildman–Crippen MR) is 86.4 cm³/mol. The van der Waals surface area contributed by atoms with Crippen LogP contribution in [0, 0.1) is 11.6 Å². The molecular weight excluding hydrogens is 370 g/mol. The maximum Gasteiger partial charge on any atom is 0.326 e. The van der Waals surface area contributed by atoms with Crippen molar-refractivity contribution in [2.24, 2.45) is 0 Å². The normalized spacial score (nSPS) is 10.3. The molecule has 0 fully saturated rings. The lowest BCUT2D eigenvalue weighted by Gasteiger charge is -2.11. The first-order chi connectivity index (χ1) is 10.9. The maximum absolute atomic E-state index is 13.5. The van der Waals surface area contributed by atoms with Crippen molar-refractivity contribution in [3.63, 3.8) is 0 Å². The Morgan fingerprint density at radius 1 is 1.13 bits per heavy atom. The summed E-state index contributed by atoms with van der Waals surface area (Å²) in [6, 6.07) is 7.38. The average molecular weight is 383 g/mol. The molecule has 2 rings (SSSR count). The van der Waals surface area contributed by atoms with Crippen molar-refractivity contribution in [1.82, 2.24) is 5.32 Å². The molecule has 0 heterocycles. The van der Waals surface area contributed by atoms with Crippen molar-refractivity contribution in [2.45, 2.75) is 13.3 Å². The molecule has 0 aliphatic carbocycles. The van der Waals surface area contributed by atoms with Crippen LogP contribution < -0.4 is 10.6 Å². The van der Waals surface area contributed by atoms with Gasteiger partial charge in [-0.25, -0.2) is 13.6 Å². The summed E-state index contributed by atoms with van der Waals surface area (Å²) in [7, 11) is 0. The number of hydrogen-bond acceptors (Lipinski definition) is 2. The molecule has 0 atom stereocenters. The summed E-state index contributed by atoms with van der Waals surface area (Å²) in [5.74, 6) is -3.21. The fourth-order valence-corrected chi connectivity index (χ4v) is 2.42. The Morgan fingerprint density at radius 2 is 1.78 bits per heavy atom. The molecule has 120 valence electrons. The van der Waals surface area contributed by atoms with Gasteiger partial charge in [0.05, 0.1) is 0 Å². The summed E-state index contributed by atoms with van der Waals surface area (Å²) in [5.41, 5.74) is 0.559. The minimum absolute atomic E-state index is 0.509. The van der Waals surface area contributed by atoms with Gasteiger partial charge >= 0.3 is 6.03 Å². The molecule has 0 radical (unpaired) electrons. The van der Waals surface area contributed by atoms with E-state index >= 15 is 0 Å². The first-order valence-electron chi connectivity index (χ1n) is 6.77. The number of carbonyl (C=O) groups is 2. The molecule has 3 amide bonds. The summed E-state index contributed by atoms with van der Waals surface area (Å²) in [5, 5.41) is 4.40. The number of urea groups is 1. The first kappa shape index (κ1) is 17.1. The van der Waals surface area contributed by atoms with E-state index in [1.165, 1.54) is 0 Å². The third kappa shape index (κ3) is 4.13. The van der Waals surface area contributed by atoms with Gasteiger partial charge in [-0.2, -0.15) is 0 Å². The van der Waals surface area contributed by atoms with Crippen LogP contribution in [0.3, 0.4) is 0 Å². The minimum Gasteiger partial charge on any atom is -0.307 e. The number of benzene rings is 2. The highest BCUT2D eigenvalue weighted by Gasteiger charge is 2.19. The summed E-state index contributed by atoms with van der Waals surface area (Å²) in [4.78, 5) is 23.7. The molecule has 0 aliphatic heterocycles. The standard InChI is InChI=1S/C16H13BrF2N2O2/c1-2-9-8-10(17)6-7-13(9)20-16(23)21-15(22)14-11(18)4-3-5-12(14)19/h3-8H,2H2,1H3,(H2,20,21,22,23). The molecule has 23 heavy (non-hydrogen) atoms. The van der Waals surface area contributed by atoms with Crippen molar-refractivity contribution in [3.05, 3.63) is 63.6 Å². The molecule has 0 aromatic heterocycles. The van der Waals surface area contributed by atoms with E-state index in [4.69, 9.17) is 0 Å². The quantitative estimate of drug-likeness (QED) is 0.833. The highest BCUT2D eigenvalue weighted by molar-refractivity contribution is 9.10. The van der Waals surface area contributed by atoms with E-state index in [2.05, 4.69) is 21.2 Å². The predicted octanol–water partition coefficient (Wildman–Crippen LogP) is 4.25. The molecule has 0 saturated heterocycles. The van der Waals surface area contributed by atoms with Gasteiger partial charge in [-0.3, -0.25) is 10.1 Å². The number of halogens is 3. The van der Waals surface area contributed by atoms with E-state index in [0.717, 1.165) is 28.2 Å². The lowest BCUT2D eigenvalue weighted by Crippen LogP contribution is -2.35. The molecule has 0 bridgehead atoms. The Labute approximate surface area is 140 Å². The summed E-state index contributed by atoms with van der Waals surface area (Å²) in [6.45, 7) is 1.91. The van der Waals surface area contributed by atoms with Crippen LogP contribution >= 0.6 is 15.9 Å². The van der Waals surface area contributed by atoms with Gasteiger partial charge in [0.25, 0.3) is 5.91 Å². The second-order valence-corrected chi connectivity index (χ2v) is 5.58. The van der Waals surface area contributed by atoms with E-state index < -0.39 is 29.1 Å². The molecule has 2 aromatic rings. The van der Waals surface area contributed by atoms with Gasteiger partial charge in [-0.15, -0.1) is 0 Å². The van der Waals surface area contributed by atoms with Gasteiger partial charge in [0.15, 0.2) is 0 Å². The summed E-state index contributed by atoms with van der Waals surface area (Å²) >= 11 is 3.32. The molecule has 2 aromatic carbocycles. The van der Waals surface area contributed by atoms with E-state index in [1.807, 2.05) is 18.3 Å². The Morgan fingerprint density at radius 3 is 2.39 bits per heavy atom. The SMILES string of the molecule is CCc1cc(Br)ccc1NC(=O)NC(=O)c1c(F)cccc1F. The van der Waals surface area contributed by atoms with Crippen LogP contribution in [0.5, 0.6) is 0 Å². The molecule has 0 unspecified atom stereocenters. The second kappa shape index (κ2) is 7.32. The average Bonchev–Trinajstić information content (AvgIpc) is 2.48. The number of nitrogens with one attached hydrogen (secondary N) is 2. The lowest BCUT2D eigenvalue weighted by molar-refractivity contribution is 0.0959. The second-order valence-electron chi connectivity index (χ2n) is 4.66. The molecule has 7 heteroatoms. The van der Waals surface area contributed by atoms with Gasteiger partial charge in [-0.05, 0) is 42.3 Å². The van der Waals surface area contributed by atoms with Crippen molar-refractivity contribution < 1.29 is 18.4 Å².